The van der Waals surface area contributed by atoms with Crippen LogP contribution in [0.25, 0.3) is 11.2 Å². The molecule has 0 bridgehead atoms. The number of H-pyrrole nitrogens is 1. The molecule has 2 heterocycles. The van der Waals surface area contributed by atoms with E-state index in [1.807, 2.05) is 6.07 Å². The van der Waals surface area contributed by atoms with E-state index >= 15 is 0 Å². The van der Waals surface area contributed by atoms with E-state index < -0.39 is 0 Å². The Balaban J connectivity index is 2.74. The molecule has 2 N–H and O–H groups in total. The highest BCUT2D eigenvalue weighted by molar-refractivity contribution is 5.88. The SMILES string of the molecule is CNc1ccnc2nc(C=O)[nH]c12. The van der Waals surface area contributed by atoms with E-state index in [9.17, 15) is 4.79 Å². The van der Waals surface area contributed by atoms with Gasteiger partial charge in [-0.15, -0.1) is 0 Å². The molecule has 0 aliphatic carbocycles. The molecule has 0 saturated heterocycles. The molecule has 2 aromatic rings. The topological polar surface area (TPSA) is 70.7 Å². The maximum atomic E-state index is 10.4. The first-order chi connectivity index (χ1) is 6.35. The lowest BCUT2D eigenvalue weighted by Crippen LogP contribution is -1.89. The highest BCUT2D eigenvalue weighted by Crippen LogP contribution is 2.17. The standard InChI is InChI=1S/C8H8N4O/c1-9-5-2-3-10-8-7(5)11-6(4-13)12-8/h2-4H,1H3,(H2,9,10,11,12). The number of aromatic amines is 1. The van der Waals surface area contributed by atoms with Gasteiger partial charge in [-0.1, -0.05) is 0 Å². The normalized spacial score (nSPS) is 10.2. The minimum absolute atomic E-state index is 0.296. The van der Waals surface area contributed by atoms with Crippen molar-refractivity contribution >= 4 is 23.1 Å². The van der Waals surface area contributed by atoms with Gasteiger partial charge in [0.2, 0.25) is 0 Å². The Morgan fingerprint density at radius 3 is 3.15 bits per heavy atom. The van der Waals surface area contributed by atoms with E-state index in [1.54, 1.807) is 13.2 Å². The van der Waals surface area contributed by atoms with Gasteiger partial charge < -0.3 is 10.3 Å². The quantitative estimate of drug-likeness (QED) is 0.664. The van der Waals surface area contributed by atoms with Crippen LogP contribution in [0.1, 0.15) is 10.6 Å². The summed E-state index contributed by atoms with van der Waals surface area (Å²) in [7, 11) is 1.80. The van der Waals surface area contributed by atoms with Gasteiger partial charge in [-0.25, -0.2) is 9.97 Å². The number of carbonyl (C=O) groups excluding carboxylic acids is 1. The zero-order valence-corrected chi connectivity index (χ0v) is 7.03. The van der Waals surface area contributed by atoms with Crippen LogP contribution < -0.4 is 5.32 Å². The van der Waals surface area contributed by atoms with Gasteiger partial charge in [0.1, 0.15) is 5.52 Å². The van der Waals surface area contributed by atoms with Crippen LogP contribution in [0, 0.1) is 0 Å². The second-order valence-corrected chi connectivity index (χ2v) is 2.55. The third-order valence-corrected chi connectivity index (χ3v) is 1.79. The molecule has 66 valence electrons. The van der Waals surface area contributed by atoms with Crippen LogP contribution in [0.15, 0.2) is 12.3 Å². The van der Waals surface area contributed by atoms with Crippen LogP contribution in [-0.2, 0) is 0 Å². The van der Waals surface area contributed by atoms with Crippen molar-refractivity contribution in [2.75, 3.05) is 12.4 Å². The van der Waals surface area contributed by atoms with E-state index in [4.69, 9.17) is 0 Å². The number of hydrogen-bond donors (Lipinski definition) is 2. The molecule has 0 fully saturated rings. The van der Waals surface area contributed by atoms with Crippen molar-refractivity contribution in [3.8, 4) is 0 Å². The Morgan fingerprint density at radius 1 is 1.62 bits per heavy atom. The lowest BCUT2D eigenvalue weighted by atomic mass is 10.4. The highest BCUT2D eigenvalue weighted by Gasteiger charge is 2.05. The molecule has 2 aromatic heterocycles. The fraction of sp³-hybridized carbons (Fsp3) is 0.125. The number of nitrogens with zero attached hydrogens (tertiary/aromatic N) is 2. The minimum Gasteiger partial charge on any atom is -0.386 e. The number of hydrogen-bond acceptors (Lipinski definition) is 4. The number of fused-ring (bicyclic) bond motifs is 1. The lowest BCUT2D eigenvalue weighted by Gasteiger charge is -1.98. The summed E-state index contributed by atoms with van der Waals surface area (Å²) in [5.74, 6) is 0.296. The molecule has 0 unspecified atom stereocenters. The minimum atomic E-state index is 0.296. The van der Waals surface area contributed by atoms with Gasteiger partial charge in [0.15, 0.2) is 17.8 Å². The van der Waals surface area contributed by atoms with Crippen molar-refractivity contribution in [2.45, 2.75) is 0 Å². The van der Waals surface area contributed by atoms with Crippen molar-refractivity contribution < 1.29 is 4.79 Å². The Labute approximate surface area is 74.2 Å². The van der Waals surface area contributed by atoms with Crippen molar-refractivity contribution in [3.63, 3.8) is 0 Å². The summed E-state index contributed by atoms with van der Waals surface area (Å²) in [6, 6.07) is 1.81. The summed E-state index contributed by atoms with van der Waals surface area (Å²) in [6.07, 6.45) is 2.31. The van der Waals surface area contributed by atoms with Gasteiger partial charge in [-0.3, -0.25) is 4.79 Å². The first-order valence-corrected chi connectivity index (χ1v) is 3.83. The number of rotatable bonds is 2. The Kier molecular flexibility index (Phi) is 1.70. The van der Waals surface area contributed by atoms with Gasteiger partial charge >= 0.3 is 0 Å². The zero-order chi connectivity index (χ0) is 9.26. The van der Waals surface area contributed by atoms with E-state index in [0.29, 0.717) is 17.8 Å². The predicted octanol–water partition coefficient (Wildman–Crippen LogP) is 0.812. The smallest absolute Gasteiger partial charge is 0.185 e. The van der Waals surface area contributed by atoms with Gasteiger partial charge in [0.25, 0.3) is 0 Å². The second-order valence-electron chi connectivity index (χ2n) is 2.55. The molecule has 2 rings (SSSR count). The van der Waals surface area contributed by atoms with Crippen LogP contribution in [0.4, 0.5) is 5.69 Å². The largest absolute Gasteiger partial charge is 0.386 e. The van der Waals surface area contributed by atoms with Gasteiger partial charge in [0, 0.05) is 13.2 Å². The Bertz CT molecular complexity index is 448. The third kappa shape index (κ3) is 1.14. The van der Waals surface area contributed by atoms with E-state index in [1.165, 1.54) is 0 Å². The average molecular weight is 176 g/mol. The molecule has 0 atom stereocenters. The predicted molar refractivity (Wildman–Crippen MR) is 48.8 cm³/mol. The van der Waals surface area contributed by atoms with E-state index in [2.05, 4.69) is 20.3 Å². The number of aromatic nitrogens is 3. The fourth-order valence-corrected chi connectivity index (χ4v) is 1.19. The third-order valence-electron chi connectivity index (χ3n) is 1.79. The Hall–Kier alpha value is -1.91. The van der Waals surface area contributed by atoms with Gasteiger partial charge in [0.05, 0.1) is 5.69 Å². The number of imidazole rings is 1. The summed E-state index contributed by atoms with van der Waals surface area (Å²) >= 11 is 0. The Morgan fingerprint density at radius 2 is 2.46 bits per heavy atom. The monoisotopic (exact) mass is 176 g/mol. The molecule has 0 amide bonds. The number of pyridine rings is 1. The molecule has 0 saturated carbocycles. The fourth-order valence-electron chi connectivity index (χ4n) is 1.19. The molecule has 5 nitrogen and oxygen atoms in total. The number of nitrogens with one attached hydrogen (secondary N) is 2. The molecule has 13 heavy (non-hydrogen) atoms. The van der Waals surface area contributed by atoms with Crippen LogP contribution in [0.5, 0.6) is 0 Å². The van der Waals surface area contributed by atoms with Crippen molar-refractivity contribution in [3.05, 3.63) is 18.1 Å². The maximum Gasteiger partial charge on any atom is 0.185 e. The van der Waals surface area contributed by atoms with Crippen LogP contribution >= 0.6 is 0 Å². The molecule has 0 aliphatic heterocycles. The highest BCUT2D eigenvalue weighted by atomic mass is 16.1. The zero-order valence-electron chi connectivity index (χ0n) is 7.03. The molecular weight excluding hydrogens is 168 g/mol. The van der Waals surface area contributed by atoms with E-state index in [0.717, 1.165) is 11.2 Å². The summed E-state index contributed by atoms with van der Waals surface area (Å²) in [4.78, 5) is 21.3. The first kappa shape index (κ1) is 7.72. The maximum absolute atomic E-state index is 10.4. The number of carbonyl (C=O) groups is 1. The molecule has 0 spiro atoms. The van der Waals surface area contributed by atoms with Crippen LogP contribution in [0.3, 0.4) is 0 Å². The van der Waals surface area contributed by atoms with E-state index in [-0.39, 0.29) is 0 Å². The molecule has 0 aliphatic rings. The van der Waals surface area contributed by atoms with Crippen LogP contribution in [-0.4, -0.2) is 28.3 Å². The van der Waals surface area contributed by atoms with Crippen molar-refractivity contribution in [2.24, 2.45) is 0 Å². The van der Waals surface area contributed by atoms with Crippen molar-refractivity contribution in [1.29, 1.82) is 0 Å². The molecular formula is C8H8N4O. The molecule has 0 aromatic carbocycles. The summed E-state index contributed by atoms with van der Waals surface area (Å²) in [5.41, 5.74) is 2.19. The van der Waals surface area contributed by atoms with Crippen molar-refractivity contribution in [1.82, 2.24) is 15.0 Å². The number of anilines is 1. The molecule has 0 radical (unpaired) electrons. The lowest BCUT2D eigenvalue weighted by molar-refractivity contribution is 0.111. The second kappa shape index (κ2) is 2.85. The summed E-state index contributed by atoms with van der Waals surface area (Å²) < 4.78 is 0. The number of aldehydes is 1. The summed E-state index contributed by atoms with van der Waals surface area (Å²) in [5, 5.41) is 2.98. The first-order valence-electron chi connectivity index (χ1n) is 3.83. The van der Waals surface area contributed by atoms with Crippen LogP contribution in [0.2, 0.25) is 0 Å². The average Bonchev–Trinajstić information content (AvgIpc) is 2.59. The van der Waals surface area contributed by atoms with Gasteiger partial charge in [-0.05, 0) is 6.07 Å². The van der Waals surface area contributed by atoms with Gasteiger partial charge in [-0.2, -0.15) is 0 Å². The summed E-state index contributed by atoms with van der Waals surface area (Å²) in [6.45, 7) is 0. The molecule has 5 heteroatoms.